The monoisotopic (exact) mass is 388 g/mol. The van der Waals surface area contributed by atoms with Crippen LogP contribution in [0.4, 0.5) is 9.18 Å². The van der Waals surface area contributed by atoms with E-state index >= 15 is 0 Å². The van der Waals surface area contributed by atoms with Crippen LogP contribution in [0.25, 0.3) is 0 Å². The topological polar surface area (TPSA) is 55.9 Å². The third-order valence-corrected chi connectivity index (χ3v) is 6.35. The minimum absolute atomic E-state index is 0.00842. The van der Waals surface area contributed by atoms with E-state index in [2.05, 4.69) is 17.3 Å². The third kappa shape index (κ3) is 4.14. The van der Waals surface area contributed by atoms with Gasteiger partial charge in [0.2, 0.25) is 5.91 Å². The van der Waals surface area contributed by atoms with Gasteiger partial charge in [-0.05, 0) is 37.9 Å². The van der Waals surface area contributed by atoms with Gasteiger partial charge in [-0.15, -0.1) is 0 Å². The number of piperazine rings is 1. The van der Waals surface area contributed by atoms with Crippen molar-refractivity contribution in [2.24, 2.45) is 5.92 Å². The highest BCUT2D eigenvalue weighted by molar-refractivity contribution is 5.80. The van der Waals surface area contributed by atoms with E-state index in [1.165, 1.54) is 6.07 Å². The summed E-state index contributed by atoms with van der Waals surface area (Å²) in [6.45, 7) is 4.67. The number of benzene rings is 1. The molecule has 3 aliphatic rings. The first kappa shape index (κ1) is 19.2. The Hall–Kier alpha value is -2.15. The molecule has 0 bridgehead atoms. The maximum atomic E-state index is 13.9. The molecule has 152 valence electrons. The summed E-state index contributed by atoms with van der Waals surface area (Å²) in [6.07, 6.45) is 2.23. The van der Waals surface area contributed by atoms with Crippen molar-refractivity contribution in [1.82, 2.24) is 20.0 Å². The summed E-state index contributed by atoms with van der Waals surface area (Å²) < 4.78 is 13.9. The Labute approximate surface area is 165 Å². The van der Waals surface area contributed by atoms with Gasteiger partial charge in [0, 0.05) is 57.1 Å². The predicted molar refractivity (Wildman–Crippen MR) is 104 cm³/mol. The summed E-state index contributed by atoms with van der Waals surface area (Å²) in [5.41, 5.74) is 0.685. The molecule has 1 N–H and O–H groups in total. The maximum Gasteiger partial charge on any atom is 0.317 e. The van der Waals surface area contributed by atoms with Gasteiger partial charge in [0.1, 0.15) is 5.82 Å². The highest BCUT2D eigenvalue weighted by atomic mass is 19.1. The third-order valence-electron chi connectivity index (χ3n) is 6.35. The molecular formula is C21H29FN4O2. The van der Waals surface area contributed by atoms with Gasteiger partial charge in [0.25, 0.3) is 0 Å². The average molecular weight is 388 g/mol. The predicted octanol–water partition coefficient (Wildman–Crippen LogP) is 1.88. The summed E-state index contributed by atoms with van der Waals surface area (Å²) in [6, 6.07) is 6.69. The Morgan fingerprint density at radius 3 is 2.36 bits per heavy atom. The fourth-order valence-electron chi connectivity index (χ4n) is 4.34. The Balaban J connectivity index is 1.23. The molecule has 1 aliphatic carbocycles. The molecule has 4 rings (SSSR count). The molecule has 2 saturated heterocycles. The van der Waals surface area contributed by atoms with E-state index in [0.29, 0.717) is 18.7 Å². The number of halogens is 1. The van der Waals surface area contributed by atoms with Crippen LogP contribution in [0.5, 0.6) is 0 Å². The number of likely N-dealkylation sites (tertiary alicyclic amines) is 1. The molecule has 0 radical (unpaired) electrons. The van der Waals surface area contributed by atoms with Crippen molar-refractivity contribution in [1.29, 1.82) is 0 Å². The molecule has 7 heteroatoms. The lowest BCUT2D eigenvalue weighted by Gasteiger charge is -2.37. The minimum Gasteiger partial charge on any atom is -0.340 e. The molecule has 1 aromatic rings. The molecule has 2 aliphatic heterocycles. The number of carbonyl (C=O) groups excluding carboxylic acids is 2. The second-order valence-corrected chi connectivity index (χ2v) is 8.31. The SMILES string of the molecule is CN1CCN(C(=O)C2CCN(C(=O)N[C@@H]3C[C@H]3c3ccccc3F)CC2)CC1. The zero-order valence-electron chi connectivity index (χ0n) is 16.4. The van der Waals surface area contributed by atoms with Crippen LogP contribution in [-0.4, -0.2) is 79.0 Å². The fourth-order valence-corrected chi connectivity index (χ4v) is 4.34. The van der Waals surface area contributed by atoms with Crippen LogP contribution < -0.4 is 5.32 Å². The fraction of sp³-hybridized carbons (Fsp3) is 0.619. The van der Waals surface area contributed by atoms with E-state index in [1.54, 1.807) is 17.0 Å². The van der Waals surface area contributed by atoms with Crippen LogP contribution in [0.15, 0.2) is 24.3 Å². The van der Waals surface area contributed by atoms with Crippen molar-refractivity contribution in [3.05, 3.63) is 35.6 Å². The molecule has 28 heavy (non-hydrogen) atoms. The van der Waals surface area contributed by atoms with Crippen molar-refractivity contribution < 1.29 is 14.0 Å². The van der Waals surface area contributed by atoms with E-state index in [-0.39, 0.29) is 35.6 Å². The molecule has 1 aromatic carbocycles. The van der Waals surface area contributed by atoms with Gasteiger partial charge in [-0.2, -0.15) is 0 Å². The number of urea groups is 1. The van der Waals surface area contributed by atoms with E-state index in [4.69, 9.17) is 0 Å². The van der Waals surface area contributed by atoms with E-state index in [1.807, 2.05) is 11.0 Å². The molecule has 6 nitrogen and oxygen atoms in total. The largest absolute Gasteiger partial charge is 0.340 e. The molecule has 0 aromatic heterocycles. The number of amides is 3. The van der Waals surface area contributed by atoms with Crippen LogP contribution in [-0.2, 0) is 4.79 Å². The van der Waals surface area contributed by atoms with E-state index < -0.39 is 0 Å². The first-order chi connectivity index (χ1) is 13.5. The summed E-state index contributed by atoms with van der Waals surface area (Å²) >= 11 is 0. The molecule has 1 saturated carbocycles. The lowest BCUT2D eigenvalue weighted by molar-refractivity contribution is -0.138. The van der Waals surface area contributed by atoms with Gasteiger partial charge in [0.05, 0.1) is 0 Å². The zero-order valence-corrected chi connectivity index (χ0v) is 16.4. The van der Waals surface area contributed by atoms with Gasteiger partial charge < -0.3 is 20.0 Å². The summed E-state index contributed by atoms with van der Waals surface area (Å²) in [5, 5.41) is 3.03. The molecule has 0 unspecified atom stereocenters. The van der Waals surface area contributed by atoms with Gasteiger partial charge in [-0.3, -0.25) is 4.79 Å². The first-order valence-electron chi connectivity index (χ1n) is 10.3. The molecule has 2 heterocycles. The molecule has 3 amide bonds. The number of piperidine rings is 1. The summed E-state index contributed by atoms with van der Waals surface area (Å²) in [4.78, 5) is 31.3. The van der Waals surface area contributed by atoms with Crippen LogP contribution >= 0.6 is 0 Å². The normalized spacial score (nSPS) is 26.2. The molecular weight excluding hydrogens is 359 g/mol. The minimum atomic E-state index is -0.201. The van der Waals surface area contributed by atoms with Gasteiger partial charge in [0.15, 0.2) is 0 Å². The number of nitrogens with zero attached hydrogens (tertiary/aromatic N) is 3. The Morgan fingerprint density at radius 2 is 1.68 bits per heavy atom. The van der Waals surface area contributed by atoms with Crippen molar-refractivity contribution in [3.8, 4) is 0 Å². The lowest BCUT2D eigenvalue weighted by atomic mass is 9.95. The standard InChI is InChI=1S/C21H29FN4O2/c1-24-10-12-25(13-11-24)20(27)15-6-8-26(9-7-15)21(28)23-19-14-17(19)16-4-2-3-5-18(16)22/h2-5,15,17,19H,6-14H2,1H3,(H,23,28)/t17-,19+/m0/s1. The average Bonchev–Trinajstić information content (AvgIpc) is 3.47. The Kier molecular flexibility index (Phi) is 5.53. The zero-order chi connectivity index (χ0) is 19.7. The number of likely N-dealkylation sites (N-methyl/N-ethyl adjacent to an activating group) is 1. The number of nitrogens with one attached hydrogen (secondary N) is 1. The Morgan fingerprint density at radius 1 is 1.00 bits per heavy atom. The van der Waals surface area contributed by atoms with Crippen molar-refractivity contribution in [2.45, 2.75) is 31.2 Å². The summed E-state index contributed by atoms with van der Waals surface area (Å²) in [5.74, 6) is 0.142. The smallest absolute Gasteiger partial charge is 0.317 e. The lowest BCUT2D eigenvalue weighted by Crippen LogP contribution is -2.52. The van der Waals surface area contributed by atoms with Crippen LogP contribution in [0.3, 0.4) is 0 Å². The van der Waals surface area contributed by atoms with Crippen molar-refractivity contribution >= 4 is 11.9 Å². The number of hydrogen-bond donors (Lipinski definition) is 1. The second kappa shape index (κ2) is 8.07. The van der Waals surface area contributed by atoms with Crippen LogP contribution in [0, 0.1) is 11.7 Å². The molecule has 0 spiro atoms. The maximum absolute atomic E-state index is 13.9. The highest BCUT2D eigenvalue weighted by Crippen LogP contribution is 2.42. The quantitative estimate of drug-likeness (QED) is 0.860. The van der Waals surface area contributed by atoms with Crippen molar-refractivity contribution in [2.75, 3.05) is 46.3 Å². The Bertz CT molecular complexity index is 727. The van der Waals surface area contributed by atoms with Crippen molar-refractivity contribution in [3.63, 3.8) is 0 Å². The van der Waals surface area contributed by atoms with Crippen LogP contribution in [0.1, 0.15) is 30.7 Å². The van der Waals surface area contributed by atoms with Gasteiger partial charge in [-0.25, -0.2) is 9.18 Å². The van der Waals surface area contributed by atoms with Crippen LogP contribution in [0.2, 0.25) is 0 Å². The molecule has 3 fully saturated rings. The number of rotatable bonds is 3. The second-order valence-electron chi connectivity index (χ2n) is 8.31. The van der Waals surface area contributed by atoms with E-state index in [9.17, 15) is 14.0 Å². The van der Waals surface area contributed by atoms with Gasteiger partial charge >= 0.3 is 6.03 Å². The number of carbonyl (C=O) groups is 2. The number of hydrogen-bond acceptors (Lipinski definition) is 3. The highest BCUT2D eigenvalue weighted by Gasteiger charge is 2.42. The van der Waals surface area contributed by atoms with Gasteiger partial charge in [-0.1, -0.05) is 18.2 Å². The summed E-state index contributed by atoms with van der Waals surface area (Å²) in [7, 11) is 2.08. The first-order valence-corrected chi connectivity index (χ1v) is 10.3. The van der Waals surface area contributed by atoms with E-state index in [0.717, 1.165) is 45.4 Å². The molecule has 2 atom stereocenters.